The van der Waals surface area contributed by atoms with Crippen LogP contribution in [0, 0.1) is 5.92 Å². The van der Waals surface area contributed by atoms with Gasteiger partial charge in [-0.2, -0.15) is 0 Å². The van der Waals surface area contributed by atoms with Crippen LogP contribution in [0.25, 0.3) is 0 Å². The molecule has 0 aliphatic heterocycles. The second-order valence-electron chi connectivity index (χ2n) is 4.45. The fourth-order valence-corrected chi connectivity index (χ4v) is 1.66. The molecule has 0 heterocycles. The second kappa shape index (κ2) is 6.91. The normalized spacial score (nSPS) is 11.9. The van der Waals surface area contributed by atoms with E-state index in [1.54, 1.807) is 31.4 Å². The summed E-state index contributed by atoms with van der Waals surface area (Å²) in [6, 6.07) is 6.87. The Bertz CT molecular complexity index is 412. The number of anilines is 1. The first-order chi connectivity index (χ1) is 8.52. The van der Waals surface area contributed by atoms with Crippen molar-refractivity contribution in [1.29, 1.82) is 0 Å². The number of ether oxygens (including phenoxy) is 1. The second-order valence-corrected chi connectivity index (χ2v) is 4.45. The van der Waals surface area contributed by atoms with E-state index in [4.69, 9.17) is 4.74 Å². The summed E-state index contributed by atoms with van der Waals surface area (Å²) < 4.78 is 4.98. The number of Topliss-reactive ketones (excluding diaryl/α,β-unsaturated/α-hetero) is 1. The minimum Gasteiger partial charge on any atom is -0.384 e. The molecule has 0 spiro atoms. The first-order valence-electron chi connectivity index (χ1n) is 5.92. The van der Waals surface area contributed by atoms with Crippen molar-refractivity contribution in [3.8, 4) is 0 Å². The number of carbonyl (C=O) groups is 2. The topological polar surface area (TPSA) is 55.4 Å². The summed E-state index contributed by atoms with van der Waals surface area (Å²) >= 11 is 0. The molecule has 1 amide bonds. The predicted octanol–water partition coefficient (Wildman–Crippen LogP) is 2.50. The van der Waals surface area contributed by atoms with E-state index in [1.807, 2.05) is 6.92 Å². The molecule has 4 heteroatoms. The number of ketones is 1. The lowest BCUT2D eigenvalue weighted by Crippen LogP contribution is -2.17. The molecular weight excluding hydrogens is 230 g/mol. The zero-order valence-electron chi connectivity index (χ0n) is 11.0. The lowest BCUT2D eigenvalue weighted by molar-refractivity contribution is -0.117. The van der Waals surface area contributed by atoms with Crippen molar-refractivity contribution in [3.63, 3.8) is 0 Å². The highest BCUT2D eigenvalue weighted by molar-refractivity contribution is 5.95. The van der Waals surface area contributed by atoms with Gasteiger partial charge in [0.2, 0.25) is 5.91 Å². The molecule has 1 N–H and O–H groups in total. The standard InChI is InChI=1S/C14H19NO3/c1-10(9-18-3)8-14(17)15-13-6-4-12(5-7-13)11(2)16/h4-7,10H,8-9H2,1-3H3,(H,15,17). The number of carbonyl (C=O) groups excluding carboxylic acids is 2. The van der Waals surface area contributed by atoms with Gasteiger partial charge in [0.15, 0.2) is 5.78 Å². The Hall–Kier alpha value is -1.68. The van der Waals surface area contributed by atoms with E-state index < -0.39 is 0 Å². The maximum absolute atomic E-state index is 11.7. The third-order valence-corrected chi connectivity index (χ3v) is 2.56. The molecule has 0 saturated carbocycles. The van der Waals surface area contributed by atoms with Gasteiger partial charge in [0, 0.05) is 31.4 Å². The first-order valence-corrected chi connectivity index (χ1v) is 5.92. The Morgan fingerprint density at radius 3 is 2.39 bits per heavy atom. The third kappa shape index (κ3) is 4.67. The monoisotopic (exact) mass is 249 g/mol. The van der Waals surface area contributed by atoms with E-state index >= 15 is 0 Å². The summed E-state index contributed by atoms with van der Waals surface area (Å²) in [5, 5.41) is 2.79. The molecule has 0 saturated heterocycles. The van der Waals surface area contributed by atoms with Gasteiger partial charge in [-0.3, -0.25) is 9.59 Å². The average Bonchev–Trinajstić information content (AvgIpc) is 2.29. The van der Waals surface area contributed by atoms with Crippen LogP contribution in [-0.4, -0.2) is 25.4 Å². The van der Waals surface area contributed by atoms with Gasteiger partial charge in [0.05, 0.1) is 0 Å². The van der Waals surface area contributed by atoms with Crippen LogP contribution in [0.5, 0.6) is 0 Å². The summed E-state index contributed by atoms with van der Waals surface area (Å²) in [6.45, 7) is 4.04. The summed E-state index contributed by atoms with van der Waals surface area (Å²) in [5.74, 6) is 0.156. The number of methoxy groups -OCH3 is 1. The molecule has 0 aliphatic rings. The SMILES string of the molecule is COCC(C)CC(=O)Nc1ccc(C(C)=O)cc1. The quantitative estimate of drug-likeness (QED) is 0.788. The zero-order chi connectivity index (χ0) is 13.5. The molecule has 0 fully saturated rings. The minimum absolute atomic E-state index is 0.0154. The number of amides is 1. The number of hydrogen-bond donors (Lipinski definition) is 1. The highest BCUT2D eigenvalue weighted by atomic mass is 16.5. The molecule has 0 aliphatic carbocycles. The molecule has 0 bridgehead atoms. The predicted molar refractivity (Wildman–Crippen MR) is 70.7 cm³/mol. The molecule has 1 rings (SSSR count). The molecule has 1 atom stereocenters. The summed E-state index contributed by atoms with van der Waals surface area (Å²) in [5.41, 5.74) is 1.34. The maximum atomic E-state index is 11.7. The van der Waals surface area contributed by atoms with Gasteiger partial charge in [0.1, 0.15) is 0 Å². The van der Waals surface area contributed by atoms with Crippen LogP contribution in [0.3, 0.4) is 0 Å². The van der Waals surface area contributed by atoms with Crippen LogP contribution >= 0.6 is 0 Å². The van der Waals surface area contributed by atoms with E-state index in [2.05, 4.69) is 5.32 Å². The van der Waals surface area contributed by atoms with Gasteiger partial charge in [-0.1, -0.05) is 6.92 Å². The molecule has 1 aromatic rings. The summed E-state index contributed by atoms with van der Waals surface area (Å²) in [7, 11) is 1.62. The van der Waals surface area contributed by atoms with Crippen LogP contribution in [-0.2, 0) is 9.53 Å². The Balaban J connectivity index is 2.51. The number of rotatable bonds is 6. The summed E-state index contributed by atoms with van der Waals surface area (Å²) in [4.78, 5) is 22.8. The van der Waals surface area contributed by atoms with Gasteiger partial charge in [0.25, 0.3) is 0 Å². The van der Waals surface area contributed by atoms with Crippen molar-refractivity contribution < 1.29 is 14.3 Å². The molecule has 0 aromatic heterocycles. The van der Waals surface area contributed by atoms with Gasteiger partial charge in [-0.05, 0) is 37.1 Å². The molecule has 1 unspecified atom stereocenters. The van der Waals surface area contributed by atoms with Crippen molar-refractivity contribution in [2.45, 2.75) is 20.3 Å². The van der Waals surface area contributed by atoms with Gasteiger partial charge < -0.3 is 10.1 Å². The van der Waals surface area contributed by atoms with Crippen molar-refractivity contribution in [1.82, 2.24) is 0 Å². The number of benzene rings is 1. The minimum atomic E-state index is -0.0462. The fraction of sp³-hybridized carbons (Fsp3) is 0.429. The molecular formula is C14H19NO3. The Labute approximate surface area is 107 Å². The first kappa shape index (κ1) is 14.4. The highest BCUT2D eigenvalue weighted by Crippen LogP contribution is 2.11. The Kier molecular flexibility index (Phi) is 5.52. The average molecular weight is 249 g/mol. The fourth-order valence-electron chi connectivity index (χ4n) is 1.66. The van der Waals surface area contributed by atoms with Crippen LogP contribution < -0.4 is 5.32 Å². The lowest BCUT2D eigenvalue weighted by Gasteiger charge is -2.10. The molecule has 4 nitrogen and oxygen atoms in total. The van der Waals surface area contributed by atoms with E-state index in [-0.39, 0.29) is 17.6 Å². The smallest absolute Gasteiger partial charge is 0.224 e. The maximum Gasteiger partial charge on any atom is 0.224 e. The third-order valence-electron chi connectivity index (χ3n) is 2.56. The molecule has 18 heavy (non-hydrogen) atoms. The van der Waals surface area contributed by atoms with Crippen LogP contribution in [0.2, 0.25) is 0 Å². The van der Waals surface area contributed by atoms with Gasteiger partial charge in [-0.15, -0.1) is 0 Å². The van der Waals surface area contributed by atoms with Crippen molar-refractivity contribution in [2.75, 3.05) is 19.0 Å². The summed E-state index contributed by atoms with van der Waals surface area (Å²) in [6.07, 6.45) is 0.419. The van der Waals surface area contributed by atoms with E-state index in [0.717, 1.165) is 0 Å². The largest absolute Gasteiger partial charge is 0.384 e. The number of nitrogens with one attached hydrogen (secondary N) is 1. The van der Waals surface area contributed by atoms with Gasteiger partial charge >= 0.3 is 0 Å². The molecule has 98 valence electrons. The Morgan fingerprint density at radius 1 is 1.28 bits per heavy atom. The zero-order valence-corrected chi connectivity index (χ0v) is 11.0. The van der Waals surface area contributed by atoms with Crippen LogP contribution in [0.1, 0.15) is 30.6 Å². The lowest BCUT2D eigenvalue weighted by atomic mass is 10.1. The van der Waals surface area contributed by atoms with E-state index in [0.29, 0.717) is 24.3 Å². The van der Waals surface area contributed by atoms with Crippen LogP contribution in [0.4, 0.5) is 5.69 Å². The van der Waals surface area contributed by atoms with E-state index in [1.165, 1.54) is 6.92 Å². The molecule has 0 radical (unpaired) electrons. The van der Waals surface area contributed by atoms with Gasteiger partial charge in [-0.25, -0.2) is 0 Å². The van der Waals surface area contributed by atoms with Crippen molar-refractivity contribution in [3.05, 3.63) is 29.8 Å². The Morgan fingerprint density at radius 2 is 1.89 bits per heavy atom. The number of hydrogen-bond acceptors (Lipinski definition) is 3. The highest BCUT2D eigenvalue weighted by Gasteiger charge is 2.09. The van der Waals surface area contributed by atoms with Crippen molar-refractivity contribution in [2.24, 2.45) is 5.92 Å². The molecule has 1 aromatic carbocycles. The van der Waals surface area contributed by atoms with Crippen molar-refractivity contribution >= 4 is 17.4 Å². The van der Waals surface area contributed by atoms with E-state index in [9.17, 15) is 9.59 Å². The van der Waals surface area contributed by atoms with Crippen LogP contribution in [0.15, 0.2) is 24.3 Å².